The molecular formula is C19H16ClN5O2. The molecule has 3 aromatic rings. The molecule has 1 fully saturated rings. The second-order valence-electron chi connectivity index (χ2n) is 6.45. The van der Waals surface area contributed by atoms with Gasteiger partial charge in [0.25, 0.3) is 0 Å². The lowest BCUT2D eigenvalue weighted by Crippen LogP contribution is -2.25. The van der Waals surface area contributed by atoms with Crippen LogP contribution in [-0.2, 0) is 11.3 Å². The summed E-state index contributed by atoms with van der Waals surface area (Å²) in [6, 6.07) is 7.83. The molecule has 8 heteroatoms. The second-order valence-corrected chi connectivity index (χ2v) is 6.86. The van der Waals surface area contributed by atoms with Crippen LogP contribution in [0.2, 0.25) is 5.02 Å². The van der Waals surface area contributed by atoms with Crippen LogP contribution in [-0.4, -0.2) is 28.0 Å². The van der Waals surface area contributed by atoms with Crippen molar-refractivity contribution in [3.05, 3.63) is 41.3 Å². The van der Waals surface area contributed by atoms with Gasteiger partial charge in [-0.05, 0) is 24.6 Å². The number of amides is 1. The van der Waals surface area contributed by atoms with E-state index in [2.05, 4.69) is 26.3 Å². The number of fused-ring (bicyclic) bond motifs is 1. The predicted molar refractivity (Wildman–Crippen MR) is 99.9 cm³/mol. The number of rotatable bonds is 5. The minimum Gasteiger partial charge on any atom is -0.480 e. The fraction of sp³-hybridized carbons (Fsp3) is 0.263. The van der Waals surface area contributed by atoms with Crippen molar-refractivity contribution >= 4 is 28.4 Å². The number of hydrogen-bond acceptors (Lipinski definition) is 5. The van der Waals surface area contributed by atoms with Gasteiger partial charge in [0, 0.05) is 22.2 Å². The van der Waals surface area contributed by atoms with Crippen LogP contribution in [0.4, 0.5) is 0 Å². The van der Waals surface area contributed by atoms with Crippen molar-refractivity contribution in [2.24, 2.45) is 11.8 Å². The molecule has 1 amide bonds. The molecule has 0 bridgehead atoms. The van der Waals surface area contributed by atoms with Crippen LogP contribution < -0.4 is 10.1 Å². The van der Waals surface area contributed by atoms with E-state index in [0.717, 1.165) is 22.2 Å². The smallest absolute Gasteiger partial charge is 0.232 e. The average molecular weight is 382 g/mol. The van der Waals surface area contributed by atoms with E-state index in [4.69, 9.17) is 21.6 Å². The van der Waals surface area contributed by atoms with Crippen LogP contribution in [0.15, 0.2) is 30.6 Å². The molecule has 0 saturated heterocycles. The average Bonchev–Trinajstić information content (AvgIpc) is 3.38. The number of hydrogen-bond donors (Lipinski definition) is 2. The molecule has 27 heavy (non-hydrogen) atoms. The first-order chi connectivity index (χ1) is 13.1. The summed E-state index contributed by atoms with van der Waals surface area (Å²) in [6.07, 6.45) is 3.80. The Morgan fingerprint density at radius 3 is 2.93 bits per heavy atom. The quantitative estimate of drug-likeness (QED) is 0.706. The van der Waals surface area contributed by atoms with Crippen LogP contribution in [0.5, 0.6) is 5.88 Å². The van der Waals surface area contributed by atoms with Gasteiger partial charge in [-0.15, -0.1) is 0 Å². The number of carbonyl (C=O) groups excluding carboxylic acids is 1. The van der Waals surface area contributed by atoms with Gasteiger partial charge in [0.2, 0.25) is 11.8 Å². The zero-order chi connectivity index (χ0) is 19.0. The number of H-pyrrole nitrogens is 1. The Morgan fingerprint density at radius 2 is 2.26 bits per heavy atom. The molecule has 0 spiro atoms. The largest absolute Gasteiger partial charge is 0.480 e. The second kappa shape index (κ2) is 6.89. The maximum Gasteiger partial charge on any atom is 0.232 e. The summed E-state index contributed by atoms with van der Waals surface area (Å²) in [5.74, 6) is 0.0457. The third-order valence-electron chi connectivity index (χ3n) is 4.62. The van der Waals surface area contributed by atoms with Gasteiger partial charge in [0.15, 0.2) is 0 Å². The van der Waals surface area contributed by atoms with Gasteiger partial charge in [-0.2, -0.15) is 5.26 Å². The molecule has 7 nitrogen and oxygen atoms in total. The van der Waals surface area contributed by atoms with Crippen LogP contribution in [0, 0.1) is 23.2 Å². The summed E-state index contributed by atoms with van der Waals surface area (Å²) in [7, 11) is 1.53. The van der Waals surface area contributed by atoms with Crippen LogP contribution >= 0.6 is 11.6 Å². The summed E-state index contributed by atoms with van der Waals surface area (Å²) in [6.45, 7) is 0.372. The van der Waals surface area contributed by atoms with E-state index in [9.17, 15) is 4.79 Å². The van der Waals surface area contributed by atoms with E-state index < -0.39 is 0 Å². The number of halogens is 1. The van der Waals surface area contributed by atoms with E-state index in [-0.39, 0.29) is 17.7 Å². The number of ether oxygens (including phenoxy) is 1. The third kappa shape index (κ3) is 3.44. The molecular weight excluding hydrogens is 366 g/mol. The zero-order valence-electron chi connectivity index (χ0n) is 14.5. The summed E-state index contributed by atoms with van der Waals surface area (Å²) in [4.78, 5) is 23.8. The molecule has 1 saturated carbocycles. The maximum atomic E-state index is 12.0. The fourth-order valence-electron chi connectivity index (χ4n) is 3.01. The number of aromatic nitrogens is 3. The van der Waals surface area contributed by atoms with Gasteiger partial charge in [0.1, 0.15) is 0 Å². The van der Waals surface area contributed by atoms with Gasteiger partial charge >= 0.3 is 0 Å². The Kier molecular flexibility index (Phi) is 4.42. The van der Waals surface area contributed by atoms with Crippen molar-refractivity contribution in [2.45, 2.75) is 13.0 Å². The number of nitrogens with zero attached hydrogens (tertiary/aromatic N) is 3. The monoisotopic (exact) mass is 381 g/mol. The predicted octanol–water partition coefficient (Wildman–Crippen LogP) is 3.06. The molecule has 2 aromatic heterocycles. The van der Waals surface area contributed by atoms with Crippen LogP contribution in [0.1, 0.15) is 12.1 Å². The molecule has 0 radical (unpaired) electrons. The van der Waals surface area contributed by atoms with E-state index >= 15 is 0 Å². The lowest BCUT2D eigenvalue weighted by atomic mass is 10.1. The van der Waals surface area contributed by atoms with Crippen molar-refractivity contribution in [3.8, 4) is 23.2 Å². The van der Waals surface area contributed by atoms with E-state index in [1.165, 1.54) is 13.3 Å². The molecule has 0 unspecified atom stereocenters. The number of benzene rings is 1. The molecule has 0 aliphatic heterocycles. The molecule has 2 heterocycles. The Morgan fingerprint density at radius 1 is 1.41 bits per heavy atom. The Labute approximate surface area is 160 Å². The highest BCUT2D eigenvalue weighted by molar-refractivity contribution is 6.34. The summed E-state index contributed by atoms with van der Waals surface area (Å²) < 4.78 is 5.02. The number of carbonyl (C=O) groups is 1. The van der Waals surface area contributed by atoms with E-state index in [1.807, 2.05) is 18.2 Å². The van der Waals surface area contributed by atoms with Crippen LogP contribution in [0.3, 0.4) is 0 Å². The number of nitrogens with one attached hydrogen (secondary N) is 2. The Balaban J connectivity index is 1.54. The Hall–Kier alpha value is -3.11. The molecule has 4 rings (SSSR count). The first kappa shape index (κ1) is 17.3. The molecule has 136 valence electrons. The standard InChI is InChI=1S/C19H16ClN5O2/c1-27-18-9-22-17(8-23-18)14-5-16-10(4-15(14)20)2-12(25-16)7-24-19(26)13-3-11(13)6-21/h2,4-5,8-9,11,13,25H,3,7H2,1H3,(H,24,26)/t11-,13+/m1/s1. The van der Waals surface area contributed by atoms with Gasteiger partial charge < -0.3 is 15.0 Å². The lowest BCUT2D eigenvalue weighted by molar-refractivity contribution is -0.122. The van der Waals surface area contributed by atoms with Gasteiger partial charge in [-0.3, -0.25) is 4.79 Å². The molecule has 2 N–H and O–H groups in total. The van der Waals surface area contributed by atoms with Crippen molar-refractivity contribution in [1.29, 1.82) is 5.26 Å². The minimum atomic E-state index is -0.172. The maximum absolute atomic E-state index is 12.0. The van der Waals surface area contributed by atoms with Crippen LogP contribution in [0.25, 0.3) is 22.2 Å². The molecule has 1 aliphatic carbocycles. The normalized spacial score (nSPS) is 18.1. The molecule has 1 aromatic carbocycles. The Bertz CT molecular complexity index is 1050. The van der Waals surface area contributed by atoms with Crippen molar-refractivity contribution in [1.82, 2.24) is 20.3 Å². The fourth-order valence-corrected chi connectivity index (χ4v) is 3.28. The zero-order valence-corrected chi connectivity index (χ0v) is 15.2. The van der Waals surface area contributed by atoms with Gasteiger partial charge in [0.05, 0.1) is 54.7 Å². The van der Waals surface area contributed by atoms with Crippen molar-refractivity contribution in [3.63, 3.8) is 0 Å². The molecule has 1 aliphatic rings. The minimum absolute atomic E-state index is 0.0764. The number of aromatic amines is 1. The van der Waals surface area contributed by atoms with Gasteiger partial charge in [-0.25, -0.2) is 9.97 Å². The lowest BCUT2D eigenvalue weighted by Gasteiger charge is -2.05. The summed E-state index contributed by atoms with van der Waals surface area (Å²) >= 11 is 6.42. The van der Waals surface area contributed by atoms with Gasteiger partial charge in [-0.1, -0.05) is 11.6 Å². The number of nitriles is 1. The summed E-state index contributed by atoms with van der Waals surface area (Å²) in [5, 5.41) is 13.2. The van der Waals surface area contributed by atoms with Crippen molar-refractivity contribution < 1.29 is 9.53 Å². The van der Waals surface area contributed by atoms with E-state index in [1.54, 1.807) is 6.20 Å². The molecule has 2 atom stereocenters. The topological polar surface area (TPSA) is 104 Å². The third-order valence-corrected chi connectivity index (χ3v) is 4.94. The SMILES string of the molecule is COc1cnc(-c2cc3[nH]c(CNC(=O)[C@H]4C[C@@H]4C#N)cc3cc2Cl)cn1. The first-order valence-electron chi connectivity index (χ1n) is 8.44. The summed E-state index contributed by atoms with van der Waals surface area (Å²) in [5.41, 5.74) is 3.15. The highest BCUT2D eigenvalue weighted by Crippen LogP contribution is 2.37. The number of methoxy groups -OCH3 is 1. The van der Waals surface area contributed by atoms with Crippen molar-refractivity contribution in [2.75, 3.05) is 7.11 Å². The first-order valence-corrected chi connectivity index (χ1v) is 8.81. The highest BCUT2D eigenvalue weighted by Gasteiger charge is 2.43. The highest BCUT2D eigenvalue weighted by atomic mass is 35.5. The van der Waals surface area contributed by atoms with E-state index in [0.29, 0.717) is 29.6 Å².